The van der Waals surface area contributed by atoms with Crippen LogP contribution in [0.1, 0.15) is 20.8 Å². The lowest BCUT2D eigenvalue weighted by Gasteiger charge is -2.05. The molecule has 8 heteroatoms. The average Bonchev–Trinajstić information content (AvgIpc) is 3.15. The zero-order valence-corrected chi connectivity index (χ0v) is 13.8. The first-order valence-corrected chi connectivity index (χ1v) is 7.94. The molecule has 0 radical (unpaired) electrons. The molecule has 0 aliphatic heterocycles. The molecule has 0 spiro atoms. The van der Waals surface area contributed by atoms with Gasteiger partial charge in [0.2, 0.25) is 0 Å². The van der Waals surface area contributed by atoms with Crippen LogP contribution in [0.3, 0.4) is 0 Å². The fourth-order valence-electron chi connectivity index (χ4n) is 2.29. The number of non-ortho nitro benzene ring substituents is 1. The Hall–Kier alpha value is -3.00. The summed E-state index contributed by atoms with van der Waals surface area (Å²) < 4.78 is 0. The van der Waals surface area contributed by atoms with Crippen LogP contribution in [0.2, 0.25) is 0 Å². The molecule has 1 amide bonds. The van der Waals surface area contributed by atoms with Gasteiger partial charge >= 0.3 is 0 Å². The second-order valence-electron chi connectivity index (χ2n) is 5.29. The summed E-state index contributed by atoms with van der Waals surface area (Å²) >= 11 is 1.63. The van der Waals surface area contributed by atoms with Gasteiger partial charge in [-0.05, 0) is 37.6 Å². The lowest BCUT2D eigenvalue weighted by molar-refractivity contribution is -0.384. The predicted octanol–water partition coefficient (Wildman–Crippen LogP) is 3.92. The van der Waals surface area contributed by atoms with Crippen LogP contribution in [0.4, 0.5) is 11.5 Å². The highest BCUT2D eigenvalue weighted by Crippen LogP contribution is 2.27. The molecule has 0 aliphatic rings. The van der Waals surface area contributed by atoms with E-state index >= 15 is 0 Å². The number of nitro benzene ring substituents is 1. The molecule has 1 aromatic carbocycles. The molecule has 122 valence electrons. The minimum atomic E-state index is -0.488. The van der Waals surface area contributed by atoms with Crippen LogP contribution < -0.4 is 5.32 Å². The predicted molar refractivity (Wildman–Crippen MR) is 92.4 cm³/mol. The number of amides is 1. The van der Waals surface area contributed by atoms with Gasteiger partial charge in [-0.3, -0.25) is 20.0 Å². The normalized spacial score (nSPS) is 10.6. The van der Waals surface area contributed by atoms with Gasteiger partial charge in [-0.2, -0.15) is 5.10 Å². The van der Waals surface area contributed by atoms with Gasteiger partial charge in [0.25, 0.3) is 11.6 Å². The highest BCUT2D eigenvalue weighted by atomic mass is 32.1. The number of thiophene rings is 1. The van der Waals surface area contributed by atoms with E-state index in [2.05, 4.69) is 15.5 Å². The van der Waals surface area contributed by atoms with Crippen molar-refractivity contribution in [1.29, 1.82) is 0 Å². The summed E-state index contributed by atoms with van der Waals surface area (Å²) in [4.78, 5) is 24.8. The second kappa shape index (κ2) is 6.25. The zero-order chi connectivity index (χ0) is 17.3. The maximum absolute atomic E-state index is 12.3. The Labute approximate surface area is 141 Å². The van der Waals surface area contributed by atoms with Crippen LogP contribution in [-0.2, 0) is 0 Å². The van der Waals surface area contributed by atoms with Gasteiger partial charge in [0.15, 0.2) is 5.82 Å². The number of aryl methyl sites for hydroxylation is 2. The Balaban J connectivity index is 1.78. The van der Waals surface area contributed by atoms with Crippen LogP contribution in [0.15, 0.2) is 36.4 Å². The molecule has 0 fully saturated rings. The molecule has 0 saturated heterocycles. The molecule has 0 unspecified atom stereocenters. The molecular formula is C16H14N4O3S. The molecule has 3 rings (SSSR count). The van der Waals surface area contributed by atoms with E-state index in [1.807, 2.05) is 19.1 Å². The maximum atomic E-state index is 12.3. The quantitative estimate of drug-likeness (QED) is 0.554. The van der Waals surface area contributed by atoms with E-state index in [1.165, 1.54) is 23.1 Å². The maximum Gasteiger partial charge on any atom is 0.269 e. The van der Waals surface area contributed by atoms with Crippen molar-refractivity contribution in [2.75, 3.05) is 5.32 Å². The molecule has 2 heterocycles. The van der Waals surface area contributed by atoms with Crippen molar-refractivity contribution in [3.05, 3.63) is 62.5 Å². The molecular weight excluding hydrogens is 328 g/mol. The Bertz CT molecular complexity index is 929. The van der Waals surface area contributed by atoms with Gasteiger partial charge in [0.05, 0.1) is 15.5 Å². The van der Waals surface area contributed by atoms with Gasteiger partial charge in [0.1, 0.15) is 0 Å². The first kappa shape index (κ1) is 15.9. The Morgan fingerprint density at radius 1 is 1.25 bits per heavy atom. The van der Waals surface area contributed by atoms with E-state index in [1.54, 1.807) is 24.3 Å². The first-order valence-electron chi connectivity index (χ1n) is 7.12. The van der Waals surface area contributed by atoms with Gasteiger partial charge in [-0.25, -0.2) is 0 Å². The summed E-state index contributed by atoms with van der Waals surface area (Å²) in [5.74, 6) is 0.0432. The van der Waals surface area contributed by atoms with E-state index in [-0.39, 0.29) is 11.6 Å². The first-order chi connectivity index (χ1) is 11.4. The largest absolute Gasteiger partial charge is 0.305 e. The van der Waals surface area contributed by atoms with Crippen molar-refractivity contribution < 1.29 is 9.72 Å². The van der Waals surface area contributed by atoms with Crippen LogP contribution in [0.25, 0.3) is 10.6 Å². The highest BCUT2D eigenvalue weighted by molar-refractivity contribution is 7.15. The van der Waals surface area contributed by atoms with Crippen LogP contribution >= 0.6 is 11.3 Å². The number of aromatic amines is 1. The van der Waals surface area contributed by atoms with Gasteiger partial charge in [0, 0.05) is 28.6 Å². The third-order valence-corrected chi connectivity index (χ3v) is 4.52. The highest BCUT2D eigenvalue weighted by Gasteiger charge is 2.15. The van der Waals surface area contributed by atoms with Crippen molar-refractivity contribution in [3.63, 3.8) is 0 Å². The minimum Gasteiger partial charge on any atom is -0.305 e. The molecule has 0 atom stereocenters. The Kier molecular flexibility index (Phi) is 4.13. The zero-order valence-electron chi connectivity index (χ0n) is 13.0. The number of H-pyrrole nitrogens is 1. The molecule has 7 nitrogen and oxygen atoms in total. The number of nitro groups is 1. The number of hydrogen-bond acceptors (Lipinski definition) is 5. The third kappa shape index (κ3) is 3.18. The van der Waals surface area contributed by atoms with Crippen LogP contribution in [0.5, 0.6) is 0 Å². The van der Waals surface area contributed by atoms with E-state index in [9.17, 15) is 14.9 Å². The lowest BCUT2D eigenvalue weighted by atomic mass is 10.1. The van der Waals surface area contributed by atoms with Gasteiger partial charge < -0.3 is 5.32 Å². The van der Waals surface area contributed by atoms with Crippen molar-refractivity contribution in [1.82, 2.24) is 10.2 Å². The molecule has 0 bridgehead atoms. The fourth-order valence-corrected chi connectivity index (χ4v) is 3.12. The van der Waals surface area contributed by atoms with Crippen molar-refractivity contribution >= 4 is 28.7 Å². The average molecular weight is 342 g/mol. The number of nitrogens with zero attached hydrogens (tertiary/aromatic N) is 2. The number of carbonyl (C=O) groups is 1. The van der Waals surface area contributed by atoms with E-state index in [0.29, 0.717) is 16.9 Å². The van der Waals surface area contributed by atoms with E-state index in [0.717, 1.165) is 10.6 Å². The fraction of sp³-hybridized carbons (Fsp3) is 0.125. The summed E-state index contributed by atoms with van der Waals surface area (Å²) in [7, 11) is 0. The van der Waals surface area contributed by atoms with Crippen molar-refractivity contribution in [3.8, 4) is 10.6 Å². The van der Waals surface area contributed by atoms with Gasteiger partial charge in [-0.1, -0.05) is 0 Å². The smallest absolute Gasteiger partial charge is 0.269 e. The number of aromatic nitrogens is 2. The molecule has 24 heavy (non-hydrogen) atoms. The molecule has 2 N–H and O–H groups in total. The number of nitrogens with one attached hydrogen (secondary N) is 2. The van der Waals surface area contributed by atoms with Crippen molar-refractivity contribution in [2.45, 2.75) is 13.8 Å². The molecule has 3 aromatic rings. The monoisotopic (exact) mass is 342 g/mol. The summed E-state index contributed by atoms with van der Waals surface area (Å²) in [5, 5.41) is 20.4. The second-order valence-corrected chi connectivity index (χ2v) is 6.58. The topological polar surface area (TPSA) is 101 Å². The molecule has 2 aromatic heterocycles. The Morgan fingerprint density at radius 3 is 2.67 bits per heavy atom. The summed E-state index contributed by atoms with van der Waals surface area (Å²) in [6, 6.07) is 9.88. The van der Waals surface area contributed by atoms with Crippen LogP contribution in [-0.4, -0.2) is 21.0 Å². The molecule has 0 aliphatic carbocycles. The third-order valence-electron chi connectivity index (χ3n) is 3.49. The number of hydrogen-bond donors (Lipinski definition) is 2. The summed E-state index contributed by atoms with van der Waals surface area (Å²) in [6.45, 7) is 3.68. The number of anilines is 1. The number of rotatable bonds is 4. The Morgan fingerprint density at radius 2 is 2.04 bits per heavy atom. The number of benzene rings is 1. The minimum absolute atomic E-state index is 0.0424. The lowest BCUT2D eigenvalue weighted by Crippen LogP contribution is -2.13. The SMILES string of the molecule is Cc1ccc(-c2cc(NC(=O)c3ccc([N+](=O)[O-])cc3C)n[nH]2)s1. The summed E-state index contributed by atoms with van der Waals surface area (Å²) in [6.07, 6.45) is 0. The number of carbonyl (C=O) groups excluding carboxylic acids is 1. The molecule has 0 saturated carbocycles. The van der Waals surface area contributed by atoms with Gasteiger partial charge in [-0.15, -0.1) is 11.3 Å². The summed E-state index contributed by atoms with van der Waals surface area (Å²) in [5.41, 5.74) is 1.69. The van der Waals surface area contributed by atoms with E-state index < -0.39 is 4.92 Å². The standard InChI is InChI=1S/C16H14N4O3S/c1-9-7-11(20(22)23)4-5-12(9)16(21)17-15-8-13(18-19-15)14-6-3-10(2)24-14/h3-8H,1-2H3,(H2,17,18,19,21). The van der Waals surface area contributed by atoms with E-state index in [4.69, 9.17) is 0 Å². The van der Waals surface area contributed by atoms with Crippen LogP contribution in [0, 0.1) is 24.0 Å². The van der Waals surface area contributed by atoms with Crippen molar-refractivity contribution in [2.24, 2.45) is 0 Å².